The molecule has 1 fully saturated rings. The van der Waals surface area contributed by atoms with Gasteiger partial charge in [0.25, 0.3) is 0 Å². The van der Waals surface area contributed by atoms with Crippen molar-refractivity contribution in [3.63, 3.8) is 0 Å². The van der Waals surface area contributed by atoms with E-state index in [1.54, 1.807) is 12.0 Å². The van der Waals surface area contributed by atoms with Crippen LogP contribution in [0.2, 0.25) is 0 Å². The third-order valence-corrected chi connectivity index (χ3v) is 2.51. The van der Waals surface area contributed by atoms with Crippen molar-refractivity contribution in [1.29, 1.82) is 0 Å². The predicted molar refractivity (Wildman–Crippen MR) is 41.4 cm³/mol. The lowest BCUT2D eigenvalue weighted by molar-refractivity contribution is 0.263. The Labute approximate surface area is 61.4 Å². The minimum absolute atomic E-state index is 0.517. The summed E-state index contributed by atoms with van der Waals surface area (Å²) in [5.74, 6) is 1.16. The third-order valence-electron chi connectivity index (χ3n) is 1.81. The van der Waals surface area contributed by atoms with Gasteiger partial charge in [0.2, 0.25) is 0 Å². The summed E-state index contributed by atoms with van der Waals surface area (Å²) < 4.78 is 5.25. The standard InChI is InChI=1S/C7H14OS/c1-7(2)3-5-8-9-6-4-7/h3-6H2,1-2H3. The van der Waals surface area contributed by atoms with E-state index in [1.807, 2.05) is 0 Å². The predicted octanol–water partition coefficient (Wildman–Crippen LogP) is 2.47. The van der Waals surface area contributed by atoms with Crippen molar-refractivity contribution in [2.24, 2.45) is 5.41 Å². The molecule has 9 heavy (non-hydrogen) atoms. The fourth-order valence-corrected chi connectivity index (χ4v) is 1.83. The fourth-order valence-electron chi connectivity index (χ4n) is 0.879. The number of rotatable bonds is 0. The highest BCUT2D eigenvalue weighted by atomic mass is 32.2. The van der Waals surface area contributed by atoms with Crippen LogP contribution in [0.25, 0.3) is 0 Å². The SMILES string of the molecule is CC1(C)CCOSCC1. The van der Waals surface area contributed by atoms with Crippen LogP contribution in [0.3, 0.4) is 0 Å². The second kappa shape index (κ2) is 2.93. The van der Waals surface area contributed by atoms with Gasteiger partial charge in [-0.1, -0.05) is 13.8 Å². The van der Waals surface area contributed by atoms with Crippen LogP contribution in [0.1, 0.15) is 26.7 Å². The average molecular weight is 146 g/mol. The molecule has 0 saturated carbocycles. The van der Waals surface area contributed by atoms with E-state index in [0.29, 0.717) is 5.41 Å². The molecular weight excluding hydrogens is 132 g/mol. The Balaban J connectivity index is 2.36. The third kappa shape index (κ3) is 2.59. The van der Waals surface area contributed by atoms with E-state index in [0.717, 1.165) is 12.4 Å². The molecule has 0 aromatic carbocycles. The molecule has 0 aromatic rings. The summed E-state index contributed by atoms with van der Waals surface area (Å²) in [5, 5.41) is 0. The minimum Gasteiger partial charge on any atom is -0.315 e. The van der Waals surface area contributed by atoms with Crippen LogP contribution in [-0.2, 0) is 4.18 Å². The zero-order chi connectivity index (χ0) is 6.74. The number of hydrogen-bond acceptors (Lipinski definition) is 2. The quantitative estimate of drug-likeness (QED) is 0.485. The van der Waals surface area contributed by atoms with Crippen LogP contribution in [0.15, 0.2) is 0 Å². The normalized spacial score (nSPS) is 27.3. The van der Waals surface area contributed by atoms with Crippen LogP contribution < -0.4 is 0 Å². The molecule has 1 rings (SSSR count). The van der Waals surface area contributed by atoms with Gasteiger partial charge >= 0.3 is 0 Å². The molecule has 0 bridgehead atoms. The minimum atomic E-state index is 0.517. The summed E-state index contributed by atoms with van der Waals surface area (Å²) in [5.41, 5.74) is 0.517. The number of hydrogen-bond donors (Lipinski definition) is 0. The maximum absolute atomic E-state index is 5.25. The van der Waals surface area contributed by atoms with Crippen LogP contribution in [0.5, 0.6) is 0 Å². The largest absolute Gasteiger partial charge is 0.315 e. The van der Waals surface area contributed by atoms with Crippen LogP contribution in [-0.4, -0.2) is 12.4 Å². The Kier molecular flexibility index (Phi) is 2.42. The van der Waals surface area contributed by atoms with Gasteiger partial charge in [0.1, 0.15) is 0 Å². The van der Waals surface area contributed by atoms with Gasteiger partial charge in [-0.15, -0.1) is 0 Å². The van der Waals surface area contributed by atoms with Crippen LogP contribution >= 0.6 is 12.0 Å². The molecule has 0 spiro atoms. The molecule has 2 heteroatoms. The van der Waals surface area contributed by atoms with E-state index in [4.69, 9.17) is 4.18 Å². The second-order valence-corrected chi connectivity index (χ2v) is 4.19. The molecule has 0 amide bonds. The Bertz CT molecular complexity index is 80.9. The molecule has 0 radical (unpaired) electrons. The van der Waals surface area contributed by atoms with Crippen LogP contribution in [0, 0.1) is 5.41 Å². The summed E-state index contributed by atoms with van der Waals surface area (Å²) in [4.78, 5) is 0. The summed E-state index contributed by atoms with van der Waals surface area (Å²) in [7, 11) is 0. The molecule has 0 aliphatic carbocycles. The highest BCUT2D eigenvalue weighted by molar-refractivity contribution is 7.94. The monoisotopic (exact) mass is 146 g/mol. The van der Waals surface area contributed by atoms with E-state index in [-0.39, 0.29) is 0 Å². The highest BCUT2D eigenvalue weighted by Crippen LogP contribution is 2.30. The Hall–Kier alpha value is 0.310. The van der Waals surface area contributed by atoms with Crippen molar-refractivity contribution in [1.82, 2.24) is 0 Å². The molecule has 1 heterocycles. The lowest BCUT2D eigenvalue weighted by Gasteiger charge is -2.19. The first-order valence-corrected chi connectivity index (χ1v) is 4.36. The lowest BCUT2D eigenvalue weighted by Crippen LogP contribution is -2.11. The first-order chi connectivity index (χ1) is 4.21. The van der Waals surface area contributed by atoms with Gasteiger partial charge in [0.15, 0.2) is 0 Å². The van der Waals surface area contributed by atoms with Gasteiger partial charge < -0.3 is 4.18 Å². The maximum Gasteiger partial charge on any atom is 0.0618 e. The zero-order valence-electron chi connectivity index (χ0n) is 6.14. The van der Waals surface area contributed by atoms with Gasteiger partial charge in [-0.2, -0.15) is 0 Å². The van der Waals surface area contributed by atoms with Crippen LogP contribution in [0.4, 0.5) is 0 Å². The Morgan fingerprint density at radius 1 is 1.33 bits per heavy atom. The van der Waals surface area contributed by atoms with Gasteiger partial charge in [-0.05, 0) is 30.3 Å². The Morgan fingerprint density at radius 3 is 2.89 bits per heavy atom. The molecule has 0 unspecified atom stereocenters. The molecule has 0 N–H and O–H groups in total. The fraction of sp³-hybridized carbons (Fsp3) is 1.00. The molecule has 1 aliphatic heterocycles. The van der Waals surface area contributed by atoms with Crippen molar-refractivity contribution in [3.05, 3.63) is 0 Å². The summed E-state index contributed by atoms with van der Waals surface area (Å²) in [6, 6.07) is 0. The molecule has 0 aromatic heterocycles. The summed E-state index contributed by atoms with van der Waals surface area (Å²) in [6.45, 7) is 5.54. The zero-order valence-corrected chi connectivity index (χ0v) is 6.96. The molecule has 1 saturated heterocycles. The molecule has 1 aliphatic rings. The van der Waals surface area contributed by atoms with Gasteiger partial charge in [-0.25, -0.2) is 0 Å². The molecular formula is C7H14OS. The lowest BCUT2D eigenvalue weighted by atomic mass is 9.87. The van der Waals surface area contributed by atoms with E-state index in [9.17, 15) is 0 Å². The molecule has 0 atom stereocenters. The van der Waals surface area contributed by atoms with Crippen molar-refractivity contribution >= 4 is 12.0 Å². The highest BCUT2D eigenvalue weighted by Gasteiger charge is 2.19. The van der Waals surface area contributed by atoms with Crippen molar-refractivity contribution < 1.29 is 4.18 Å². The average Bonchev–Trinajstić information content (AvgIpc) is 1.92. The van der Waals surface area contributed by atoms with E-state index in [2.05, 4.69) is 13.8 Å². The first-order valence-electron chi connectivity index (χ1n) is 3.45. The smallest absolute Gasteiger partial charge is 0.0618 e. The molecule has 54 valence electrons. The summed E-state index contributed by atoms with van der Waals surface area (Å²) in [6.07, 6.45) is 2.50. The molecule has 1 nitrogen and oxygen atoms in total. The van der Waals surface area contributed by atoms with E-state index in [1.165, 1.54) is 12.8 Å². The topological polar surface area (TPSA) is 9.23 Å². The van der Waals surface area contributed by atoms with Crippen molar-refractivity contribution in [2.45, 2.75) is 26.7 Å². The van der Waals surface area contributed by atoms with E-state index < -0.39 is 0 Å². The first kappa shape index (κ1) is 7.42. The van der Waals surface area contributed by atoms with Crippen molar-refractivity contribution in [3.8, 4) is 0 Å². The Morgan fingerprint density at radius 2 is 2.11 bits per heavy atom. The van der Waals surface area contributed by atoms with Gasteiger partial charge in [0.05, 0.1) is 6.61 Å². The summed E-state index contributed by atoms with van der Waals surface area (Å²) >= 11 is 1.62. The van der Waals surface area contributed by atoms with Crippen molar-refractivity contribution in [2.75, 3.05) is 12.4 Å². The van der Waals surface area contributed by atoms with Gasteiger partial charge in [-0.3, -0.25) is 0 Å². The maximum atomic E-state index is 5.25. The van der Waals surface area contributed by atoms with Gasteiger partial charge in [0, 0.05) is 5.75 Å². The van der Waals surface area contributed by atoms with E-state index >= 15 is 0 Å². The second-order valence-electron chi connectivity index (χ2n) is 3.31.